The van der Waals surface area contributed by atoms with Crippen LogP contribution in [0.5, 0.6) is 0 Å². The molecule has 3 heterocycles. The molecule has 0 fully saturated rings. The minimum atomic E-state index is -0.532. The first kappa shape index (κ1) is 22.4. The van der Waals surface area contributed by atoms with Gasteiger partial charge in [0.15, 0.2) is 22.1 Å². The van der Waals surface area contributed by atoms with E-state index in [4.69, 9.17) is 14.9 Å². The van der Waals surface area contributed by atoms with Crippen molar-refractivity contribution in [1.82, 2.24) is 19.5 Å². The van der Waals surface area contributed by atoms with Crippen molar-refractivity contribution in [3.05, 3.63) is 92.9 Å². The lowest BCUT2D eigenvalue weighted by atomic mass is 10.1. The molecule has 2 aromatic carbocycles. The van der Waals surface area contributed by atoms with E-state index in [2.05, 4.69) is 30.9 Å². The number of fused-ring (bicyclic) bond motifs is 1. The molecule has 1 aliphatic rings. The molecule has 10 heteroatoms. The van der Waals surface area contributed by atoms with Gasteiger partial charge in [-0.1, -0.05) is 58.4 Å². The molecule has 172 valence electrons. The van der Waals surface area contributed by atoms with E-state index in [-0.39, 0.29) is 11.3 Å². The minimum absolute atomic E-state index is 0.0499. The van der Waals surface area contributed by atoms with Crippen molar-refractivity contribution in [2.24, 2.45) is 0 Å². The van der Waals surface area contributed by atoms with E-state index in [1.807, 2.05) is 53.1 Å². The Morgan fingerprint density at radius 3 is 2.79 bits per heavy atom. The zero-order chi connectivity index (χ0) is 23.7. The van der Waals surface area contributed by atoms with Crippen molar-refractivity contribution in [3.8, 4) is 0 Å². The summed E-state index contributed by atoms with van der Waals surface area (Å²) in [5, 5.41) is 9.32. The average Bonchev–Trinajstić information content (AvgIpc) is 3.47. The van der Waals surface area contributed by atoms with Crippen molar-refractivity contribution in [3.63, 3.8) is 0 Å². The van der Waals surface area contributed by atoms with Crippen molar-refractivity contribution < 1.29 is 14.3 Å². The first-order chi connectivity index (χ1) is 16.5. The second-order valence-electron chi connectivity index (χ2n) is 7.68. The average molecular weight is 538 g/mol. The molecule has 8 nitrogen and oxygen atoms in total. The van der Waals surface area contributed by atoms with E-state index < -0.39 is 6.29 Å². The molecule has 0 spiro atoms. The van der Waals surface area contributed by atoms with Gasteiger partial charge in [0.2, 0.25) is 5.09 Å². The maximum Gasteiger partial charge on any atom is 0.268 e. The number of aryl methyl sites for hydroxylation is 2. The van der Waals surface area contributed by atoms with E-state index in [1.54, 1.807) is 19.5 Å². The number of imidazole rings is 1. The summed E-state index contributed by atoms with van der Waals surface area (Å²) >= 11 is 4.81. The maximum atomic E-state index is 11.5. The number of H-pyrrole nitrogens is 1. The van der Waals surface area contributed by atoms with Gasteiger partial charge < -0.3 is 19.0 Å². The van der Waals surface area contributed by atoms with Gasteiger partial charge in [0, 0.05) is 22.1 Å². The lowest BCUT2D eigenvalue weighted by Gasteiger charge is -2.12. The second kappa shape index (κ2) is 9.47. The predicted molar refractivity (Wildman–Crippen MR) is 131 cm³/mol. The standard InChI is InChI=1S/C24H20BrN5O3S/c1-14(31)16-8-6-15(7-9-16)10-11-30-13-27-21(26)20-22(30)29-24(28-20)34-19-12-32-23(33-19)17-4-2-3-5-18(17)25/h2-9,12-13,23,26H,10-11H2,1H3,(H,28,29). The summed E-state index contributed by atoms with van der Waals surface area (Å²) < 4.78 is 14.4. The van der Waals surface area contributed by atoms with Gasteiger partial charge in [-0.15, -0.1) is 0 Å². The summed E-state index contributed by atoms with van der Waals surface area (Å²) in [6, 6.07) is 15.3. The van der Waals surface area contributed by atoms with Crippen LogP contribution in [0.15, 0.2) is 75.8 Å². The Balaban J connectivity index is 1.31. The summed E-state index contributed by atoms with van der Waals surface area (Å²) in [5.41, 5.74) is 4.02. The summed E-state index contributed by atoms with van der Waals surface area (Å²) in [6.45, 7) is 2.19. The maximum absolute atomic E-state index is 11.5. The third kappa shape index (κ3) is 4.64. The highest BCUT2D eigenvalue weighted by Crippen LogP contribution is 2.38. The third-order valence-corrected chi connectivity index (χ3v) is 6.87. The SMILES string of the molecule is CC(=O)c1ccc(CCn2cnc(=N)c3[nH]c(SC4=COC(c5ccccc5Br)O4)nc32)cc1. The van der Waals surface area contributed by atoms with Crippen LogP contribution in [0.4, 0.5) is 0 Å². The van der Waals surface area contributed by atoms with Gasteiger partial charge in [-0.05, 0) is 36.7 Å². The van der Waals surface area contributed by atoms with Gasteiger partial charge in [-0.25, -0.2) is 9.97 Å². The fourth-order valence-corrected chi connectivity index (χ4v) is 4.74. The number of carbonyl (C=O) groups excluding carboxylic acids is 1. The second-order valence-corrected chi connectivity index (χ2v) is 9.52. The fourth-order valence-electron chi connectivity index (χ4n) is 3.55. The molecule has 2 N–H and O–H groups in total. The molecule has 1 atom stereocenters. The van der Waals surface area contributed by atoms with E-state index in [1.165, 1.54) is 11.8 Å². The fraction of sp³-hybridized carbons (Fsp3) is 0.167. The number of aromatic nitrogens is 4. The van der Waals surface area contributed by atoms with Crippen LogP contribution < -0.4 is 5.49 Å². The molecule has 4 aromatic rings. The Morgan fingerprint density at radius 2 is 2.03 bits per heavy atom. The molecule has 0 radical (unpaired) electrons. The monoisotopic (exact) mass is 537 g/mol. The van der Waals surface area contributed by atoms with Gasteiger partial charge in [0.25, 0.3) is 6.29 Å². The topological polar surface area (TPSA) is 106 Å². The van der Waals surface area contributed by atoms with Gasteiger partial charge in [-0.3, -0.25) is 10.2 Å². The van der Waals surface area contributed by atoms with Gasteiger partial charge >= 0.3 is 0 Å². The largest absolute Gasteiger partial charge is 0.454 e. The number of benzene rings is 2. The highest BCUT2D eigenvalue weighted by molar-refractivity contribution is 9.10. The number of hydrogen-bond donors (Lipinski definition) is 2. The Kier molecular flexibility index (Phi) is 6.25. The molecule has 5 rings (SSSR count). The smallest absolute Gasteiger partial charge is 0.268 e. The van der Waals surface area contributed by atoms with Crippen molar-refractivity contribution in [1.29, 1.82) is 5.41 Å². The Morgan fingerprint density at radius 1 is 1.24 bits per heavy atom. The van der Waals surface area contributed by atoms with Crippen LogP contribution in [0.1, 0.15) is 34.7 Å². The van der Waals surface area contributed by atoms with Crippen LogP contribution in [0, 0.1) is 5.41 Å². The number of hydrogen-bond acceptors (Lipinski definition) is 7. The van der Waals surface area contributed by atoms with Gasteiger partial charge in [-0.2, -0.15) is 0 Å². The summed E-state index contributed by atoms with van der Waals surface area (Å²) in [4.78, 5) is 23.5. The summed E-state index contributed by atoms with van der Waals surface area (Å²) in [7, 11) is 0. The molecule has 1 aliphatic heterocycles. The first-order valence-electron chi connectivity index (χ1n) is 10.5. The zero-order valence-corrected chi connectivity index (χ0v) is 20.5. The molecule has 0 aliphatic carbocycles. The molecule has 34 heavy (non-hydrogen) atoms. The summed E-state index contributed by atoms with van der Waals surface area (Å²) in [6.07, 6.45) is 3.40. The number of carbonyl (C=O) groups is 1. The molecular weight excluding hydrogens is 518 g/mol. The number of nitrogens with zero attached hydrogens (tertiary/aromatic N) is 3. The summed E-state index contributed by atoms with van der Waals surface area (Å²) in [5.74, 6) is 0.0499. The Hall–Kier alpha value is -3.37. The molecule has 1 unspecified atom stereocenters. The van der Waals surface area contributed by atoms with Crippen LogP contribution in [0.25, 0.3) is 11.2 Å². The molecule has 2 aromatic heterocycles. The van der Waals surface area contributed by atoms with Crippen LogP contribution >= 0.6 is 27.7 Å². The number of ketones is 1. The van der Waals surface area contributed by atoms with E-state index in [0.717, 1.165) is 22.0 Å². The van der Waals surface area contributed by atoms with Crippen LogP contribution in [0.3, 0.4) is 0 Å². The van der Waals surface area contributed by atoms with Crippen molar-refractivity contribution in [2.45, 2.75) is 31.3 Å². The highest BCUT2D eigenvalue weighted by Gasteiger charge is 2.25. The molecule has 0 amide bonds. The van der Waals surface area contributed by atoms with E-state index in [0.29, 0.717) is 33.5 Å². The molecule has 0 bridgehead atoms. The van der Waals surface area contributed by atoms with E-state index >= 15 is 0 Å². The number of ether oxygens (including phenoxy) is 2. The Bertz CT molecular complexity index is 1460. The quantitative estimate of drug-likeness (QED) is 0.318. The molecule has 0 saturated carbocycles. The Labute approximate surface area is 207 Å². The lowest BCUT2D eigenvalue weighted by Crippen LogP contribution is -2.13. The third-order valence-electron chi connectivity index (χ3n) is 5.37. The van der Waals surface area contributed by atoms with Gasteiger partial charge in [0.1, 0.15) is 11.8 Å². The van der Waals surface area contributed by atoms with Crippen LogP contribution in [-0.2, 0) is 22.4 Å². The van der Waals surface area contributed by atoms with Crippen LogP contribution in [0.2, 0.25) is 0 Å². The van der Waals surface area contributed by atoms with E-state index in [9.17, 15) is 4.79 Å². The normalized spacial score (nSPS) is 15.1. The predicted octanol–water partition coefficient (Wildman–Crippen LogP) is 5.08. The molecule has 0 saturated heterocycles. The zero-order valence-electron chi connectivity index (χ0n) is 18.1. The number of nitrogens with one attached hydrogen (secondary N) is 2. The van der Waals surface area contributed by atoms with Gasteiger partial charge in [0.05, 0.1) is 6.33 Å². The number of aromatic amines is 1. The van der Waals surface area contributed by atoms with Crippen molar-refractivity contribution in [2.75, 3.05) is 0 Å². The van der Waals surface area contributed by atoms with Crippen LogP contribution in [-0.4, -0.2) is 25.3 Å². The molecular formula is C24H20BrN5O3S. The number of rotatable bonds is 7. The first-order valence-corrected chi connectivity index (χ1v) is 12.1. The number of thioether (sulfide) groups is 1. The van der Waals surface area contributed by atoms with Crippen molar-refractivity contribution >= 4 is 44.6 Å². The lowest BCUT2D eigenvalue weighted by molar-refractivity contribution is -0.0278. The number of Topliss-reactive ketones (excluding diaryl/α,β-unsaturated/α-hetero) is 1. The highest BCUT2D eigenvalue weighted by atomic mass is 79.9. The number of halogens is 1. The minimum Gasteiger partial charge on any atom is -0.454 e.